The molecule has 7 nitrogen and oxygen atoms in total. The number of ketones is 1. The quantitative estimate of drug-likeness (QED) is 0.470. The van der Waals surface area contributed by atoms with E-state index in [-0.39, 0.29) is 17.3 Å². The molecular formula is C24H29N3O4S. The fourth-order valence-electron chi connectivity index (χ4n) is 4.13. The van der Waals surface area contributed by atoms with Crippen LogP contribution in [-0.2, 0) is 23.2 Å². The molecule has 1 saturated heterocycles. The van der Waals surface area contributed by atoms with Crippen LogP contribution in [0, 0.1) is 0 Å². The van der Waals surface area contributed by atoms with Crippen molar-refractivity contribution in [2.24, 2.45) is 0 Å². The zero-order chi connectivity index (χ0) is 22.7. The second-order valence-electron chi connectivity index (χ2n) is 7.98. The maximum Gasteiger partial charge on any atom is 0.243 e. The van der Waals surface area contributed by atoms with E-state index in [1.807, 2.05) is 24.5 Å². The Balaban J connectivity index is 1.56. The van der Waals surface area contributed by atoms with Gasteiger partial charge in [0, 0.05) is 31.6 Å². The lowest BCUT2D eigenvalue weighted by Gasteiger charge is -2.25. The number of fused-ring (bicyclic) bond motifs is 1. The van der Waals surface area contributed by atoms with E-state index in [1.165, 1.54) is 0 Å². The summed E-state index contributed by atoms with van der Waals surface area (Å²) < 4.78 is 35.6. The molecule has 4 rings (SSSR count). The van der Waals surface area contributed by atoms with Gasteiger partial charge in [-0.25, -0.2) is 13.4 Å². The highest BCUT2D eigenvalue weighted by Crippen LogP contribution is 2.25. The molecule has 2 aromatic carbocycles. The Hall–Kier alpha value is -2.71. The van der Waals surface area contributed by atoms with Gasteiger partial charge < -0.3 is 9.30 Å². The van der Waals surface area contributed by atoms with Gasteiger partial charge >= 0.3 is 0 Å². The second-order valence-corrected chi connectivity index (χ2v) is 9.92. The number of ether oxygens (including phenoxy) is 1. The van der Waals surface area contributed by atoms with Crippen molar-refractivity contribution in [1.82, 2.24) is 13.9 Å². The van der Waals surface area contributed by atoms with Crippen LogP contribution in [0.5, 0.6) is 5.75 Å². The van der Waals surface area contributed by atoms with Gasteiger partial charge in [-0.3, -0.25) is 4.79 Å². The largest absolute Gasteiger partial charge is 0.486 e. The number of hydrogen-bond donors (Lipinski definition) is 0. The van der Waals surface area contributed by atoms with Crippen LogP contribution >= 0.6 is 0 Å². The summed E-state index contributed by atoms with van der Waals surface area (Å²) in [4.78, 5) is 16.8. The number of imidazole rings is 1. The first-order valence-corrected chi connectivity index (χ1v) is 12.6. The van der Waals surface area contributed by atoms with E-state index in [2.05, 4.69) is 4.98 Å². The molecule has 8 heteroatoms. The van der Waals surface area contributed by atoms with Crippen LogP contribution in [0.25, 0.3) is 11.0 Å². The van der Waals surface area contributed by atoms with Gasteiger partial charge in [0.05, 0.1) is 15.9 Å². The number of Topliss-reactive ketones (excluding diaryl/α,β-unsaturated/α-hetero) is 1. The molecule has 3 aromatic rings. The highest BCUT2D eigenvalue weighted by Gasteiger charge is 2.26. The Kier molecular flexibility index (Phi) is 6.62. The number of piperidine rings is 1. The van der Waals surface area contributed by atoms with Crippen molar-refractivity contribution in [2.75, 3.05) is 13.1 Å². The molecule has 32 heavy (non-hydrogen) atoms. The van der Waals surface area contributed by atoms with Gasteiger partial charge in [-0.15, -0.1) is 0 Å². The second kappa shape index (κ2) is 9.42. The van der Waals surface area contributed by atoms with Crippen LogP contribution < -0.4 is 4.74 Å². The fraction of sp³-hybridized carbons (Fsp3) is 0.417. The molecule has 170 valence electrons. The first-order valence-electron chi connectivity index (χ1n) is 11.2. The number of hydrogen-bond acceptors (Lipinski definition) is 5. The third-order valence-corrected chi connectivity index (χ3v) is 7.83. The minimum absolute atomic E-state index is 0.0969. The van der Waals surface area contributed by atoms with Gasteiger partial charge in [0.15, 0.2) is 5.78 Å². The van der Waals surface area contributed by atoms with Crippen LogP contribution in [0.3, 0.4) is 0 Å². The molecule has 0 radical (unpaired) electrons. The summed E-state index contributed by atoms with van der Waals surface area (Å²) in [7, 11) is -3.51. The Labute approximate surface area is 189 Å². The SMILES string of the molecule is CCC(=O)c1ccc(OCc2nc3cc(S(=O)(=O)N4CCCCC4)ccc3n2CC)cc1. The summed E-state index contributed by atoms with van der Waals surface area (Å²) in [6.07, 6.45) is 3.35. The van der Waals surface area contributed by atoms with Crippen LogP contribution in [0.1, 0.15) is 55.7 Å². The standard InChI is InChI=1S/C24H29N3O4S/c1-3-23(28)18-8-10-19(11-9-18)31-17-24-25-21-16-20(12-13-22(21)27(24)4-2)32(29,30)26-14-6-5-7-15-26/h8-13,16H,3-7,14-15,17H2,1-2H3. The number of carbonyl (C=O) groups excluding carboxylic acids is 1. The van der Waals surface area contributed by atoms with Crippen molar-refractivity contribution in [3.05, 3.63) is 53.9 Å². The lowest BCUT2D eigenvalue weighted by Crippen LogP contribution is -2.35. The topological polar surface area (TPSA) is 81.5 Å². The van der Waals surface area contributed by atoms with E-state index >= 15 is 0 Å². The van der Waals surface area contributed by atoms with Crippen molar-refractivity contribution < 1.29 is 17.9 Å². The molecular weight excluding hydrogens is 426 g/mol. The minimum atomic E-state index is -3.51. The molecule has 1 aliphatic rings. The average Bonchev–Trinajstić information content (AvgIpc) is 3.19. The molecule has 0 spiro atoms. The van der Waals surface area contributed by atoms with Crippen molar-refractivity contribution in [3.8, 4) is 5.75 Å². The first-order chi connectivity index (χ1) is 15.4. The molecule has 0 aliphatic carbocycles. The third kappa shape index (κ3) is 4.42. The van der Waals surface area contributed by atoms with Crippen molar-refractivity contribution in [2.45, 2.75) is 57.6 Å². The van der Waals surface area contributed by atoms with E-state index in [9.17, 15) is 13.2 Å². The lowest BCUT2D eigenvalue weighted by molar-refractivity contribution is 0.0988. The van der Waals surface area contributed by atoms with Gasteiger partial charge in [-0.05, 0) is 62.2 Å². The van der Waals surface area contributed by atoms with Crippen molar-refractivity contribution in [1.29, 1.82) is 0 Å². The van der Waals surface area contributed by atoms with E-state index in [4.69, 9.17) is 4.74 Å². The number of nitrogens with zero attached hydrogens (tertiary/aromatic N) is 3. The zero-order valence-electron chi connectivity index (χ0n) is 18.6. The smallest absolute Gasteiger partial charge is 0.243 e. The van der Waals surface area contributed by atoms with E-state index < -0.39 is 10.0 Å². The summed E-state index contributed by atoms with van der Waals surface area (Å²) in [5, 5.41) is 0. The summed E-state index contributed by atoms with van der Waals surface area (Å²) in [5.41, 5.74) is 2.20. The monoisotopic (exact) mass is 455 g/mol. The fourth-order valence-corrected chi connectivity index (χ4v) is 5.66. The normalized spacial score (nSPS) is 15.2. The summed E-state index contributed by atoms with van der Waals surface area (Å²) in [5.74, 6) is 1.48. The maximum absolute atomic E-state index is 13.0. The molecule has 0 unspecified atom stereocenters. The number of sulfonamides is 1. The Morgan fingerprint density at radius 1 is 1.03 bits per heavy atom. The molecule has 0 saturated carbocycles. The number of rotatable bonds is 8. The van der Waals surface area contributed by atoms with Gasteiger partial charge in [-0.2, -0.15) is 4.31 Å². The molecule has 0 N–H and O–H groups in total. The Morgan fingerprint density at radius 2 is 1.75 bits per heavy atom. The van der Waals surface area contributed by atoms with E-state index in [1.54, 1.807) is 40.7 Å². The molecule has 0 bridgehead atoms. The van der Waals surface area contributed by atoms with Gasteiger partial charge in [0.2, 0.25) is 10.0 Å². The maximum atomic E-state index is 13.0. The highest BCUT2D eigenvalue weighted by atomic mass is 32.2. The molecule has 2 heterocycles. The number of aryl methyl sites for hydroxylation is 1. The van der Waals surface area contributed by atoms with Gasteiger partial charge in [0.25, 0.3) is 0 Å². The van der Waals surface area contributed by atoms with Crippen LogP contribution in [0.2, 0.25) is 0 Å². The number of aromatic nitrogens is 2. The Morgan fingerprint density at radius 3 is 2.41 bits per heavy atom. The van der Waals surface area contributed by atoms with Crippen molar-refractivity contribution in [3.63, 3.8) is 0 Å². The molecule has 1 aliphatic heterocycles. The molecule has 1 fully saturated rings. The van der Waals surface area contributed by atoms with Crippen molar-refractivity contribution >= 4 is 26.8 Å². The average molecular weight is 456 g/mol. The summed E-state index contributed by atoms with van der Waals surface area (Å²) >= 11 is 0. The first kappa shape index (κ1) is 22.5. The molecule has 0 atom stereocenters. The Bertz CT molecular complexity index is 1210. The van der Waals surface area contributed by atoms with Crippen LogP contribution in [0.15, 0.2) is 47.4 Å². The predicted molar refractivity (Wildman–Crippen MR) is 123 cm³/mol. The minimum Gasteiger partial charge on any atom is -0.486 e. The molecule has 0 amide bonds. The third-order valence-electron chi connectivity index (χ3n) is 5.93. The van der Waals surface area contributed by atoms with Gasteiger partial charge in [-0.1, -0.05) is 13.3 Å². The number of carbonyl (C=O) groups is 1. The summed E-state index contributed by atoms with van der Waals surface area (Å²) in [6.45, 7) is 5.95. The lowest BCUT2D eigenvalue weighted by atomic mass is 10.1. The van der Waals surface area contributed by atoms with Gasteiger partial charge in [0.1, 0.15) is 18.2 Å². The van der Waals surface area contributed by atoms with Crippen LogP contribution in [0.4, 0.5) is 0 Å². The van der Waals surface area contributed by atoms with E-state index in [0.29, 0.717) is 42.9 Å². The molecule has 1 aromatic heterocycles. The summed E-state index contributed by atoms with van der Waals surface area (Å²) in [6, 6.07) is 12.3. The van der Waals surface area contributed by atoms with E-state index in [0.717, 1.165) is 30.6 Å². The van der Waals surface area contributed by atoms with Crippen LogP contribution in [-0.4, -0.2) is 41.1 Å². The highest BCUT2D eigenvalue weighted by molar-refractivity contribution is 7.89. The predicted octanol–water partition coefficient (Wildman–Crippen LogP) is 4.40. The number of benzene rings is 2. The zero-order valence-corrected chi connectivity index (χ0v) is 19.4.